The second-order valence-electron chi connectivity index (χ2n) is 5.82. The van der Waals surface area contributed by atoms with Gasteiger partial charge in [0.25, 0.3) is 0 Å². The zero-order valence-corrected chi connectivity index (χ0v) is 12.4. The molecule has 0 bridgehead atoms. The molecular weight excluding hydrogens is 265 g/mol. The third-order valence-corrected chi connectivity index (χ3v) is 4.28. The monoisotopic (exact) mass is 285 g/mol. The Bertz CT molecular complexity index is 668. The van der Waals surface area contributed by atoms with E-state index < -0.39 is 6.10 Å². The van der Waals surface area contributed by atoms with Gasteiger partial charge in [0, 0.05) is 19.3 Å². The summed E-state index contributed by atoms with van der Waals surface area (Å²) in [5, 5.41) is 10.5. The molecule has 1 atom stereocenters. The minimum Gasteiger partial charge on any atom is -0.384 e. The van der Waals surface area contributed by atoms with Gasteiger partial charge in [-0.3, -0.25) is 0 Å². The lowest BCUT2D eigenvalue weighted by atomic mass is 9.94. The number of benzene rings is 2. The fourth-order valence-electron chi connectivity index (χ4n) is 2.95. The summed E-state index contributed by atoms with van der Waals surface area (Å²) in [5.74, 6) is -0.274. The van der Waals surface area contributed by atoms with E-state index >= 15 is 0 Å². The first-order chi connectivity index (χ1) is 10.1. The zero-order chi connectivity index (χ0) is 15.0. The van der Waals surface area contributed by atoms with Crippen molar-refractivity contribution in [3.8, 4) is 0 Å². The molecule has 0 saturated heterocycles. The Morgan fingerprint density at radius 2 is 1.86 bits per heavy atom. The maximum Gasteiger partial charge on any atom is 0.126 e. The van der Waals surface area contributed by atoms with Crippen LogP contribution in [-0.2, 0) is 6.42 Å². The Morgan fingerprint density at radius 1 is 1.14 bits per heavy atom. The Labute approximate surface area is 124 Å². The summed E-state index contributed by atoms with van der Waals surface area (Å²) in [6.07, 6.45) is 1.38. The Hall–Kier alpha value is -1.87. The van der Waals surface area contributed by atoms with Crippen LogP contribution < -0.4 is 4.90 Å². The lowest BCUT2D eigenvalue weighted by Gasteiger charge is -2.28. The van der Waals surface area contributed by atoms with Crippen LogP contribution in [0.15, 0.2) is 36.4 Å². The standard InChI is InChI=1S/C18H20FNO/c1-12-5-6-15(11-16(12)19)18(21)14-7-8-17-13(10-14)4-3-9-20(17)2/h5-8,10-11,18,21H,3-4,9H2,1-2H3. The molecule has 2 aromatic rings. The quantitative estimate of drug-likeness (QED) is 0.911. The van der Waals surface area contributed by atoms with Gasteiger partial charge in [-0.05, 0) is 54.2 Å². The van der Waals surface area contributed by atoms with E-state index in [9.17, 15) is 9.50 Å². The summed E-state index contributed by atoms with van der Waals surface area (Å²) in [4.78, 5) is 2.24. The van der Waals surface area contributed by atoms with Crippen molar-refractivity contribution in [2.24, 2.45) is 0 Å². The second-order valence-corrected chi connectivity index (χ2v) is 5.82. The molecule has 1 N–H and O–H groups in total. The van der Waals surface area contributed by atoms with Gasteiger partial charge in [-0.1, -0.05) is 24.3 Å². The first-order valence-corrected chi connectivity index (χ1v) is 7.34. The summed E-state index contributed by atoms with van der Waals surface area (Å²) < 4.78 is 13.7. The minimum absolute atomic E-state index is 0.274. The molecule has 0 saturated carbocycles. The predicted molar refractivity (Wildman–Crippen MR) is 83.2 cm³/mol. The van der Waals surface area contributed by atoms with Gasteiger partial charge in [0.15, 0.2) is 0 Å². The van der Waals surface area contributed by atoms with Gasteiger partial charge < -0.3 is 10.0 Å². The van der Waals surface area contributed by atoms with Crippen LogP contribution in [0.4, 0.5) is 10.1 Å². The SMILES string of the molecule is Cc1ccc(C(O)c2ccc3c(c2)CCCN3C)cc1F. The molecule has 0 fully saturated rings. The van der Waals surface area contributed by atoms with Gasteiger partial charge in [-0.25, -0.2) is 4.39 Å². The fourth-order valence-corrected chi connectivity index (χ4v) is 2.95. The van der Waals surface area contributed by atoms with Gasteiger partial charge >= 0.3 is 0 Å². The number of rotatable bonds is 2. The van der Waals surface area contributed by atoms with E-state index in [0.29, 0.717) is 11.1 Å². The highest BCUT2D eigenvalue weighted by Crippen LogP contribution is 2.31. The minimum atomic E-state index is -0.780. The van der Waals surface area contributed by atoms with E-state index in [1.165, 1.54) is 17.3 Å². The maximum atomic E-state index is 13.7. The van der Waals surface area contributed by atoms with Crippen molar-refractivity contribution in [3.05, 3.63) is 64.5 Å². The number of nitrogens with zero attached hydrogens (tertiary/aromatic N) is 1. The molecule has 0 aliphatic carbocycles. The van der Waals surface area contributed by atoms with Crippen LogP contribution in [0, 0.1) is 12.7 Å². The van der Waals surface area contributed by atoms with E-state index in [-0.39, 0.29) is 5.82 Å². The molecule has 21 heavy (non-hydrogen) atoms. The van der Waals surface area contributed by atoms with Crippen LogP contribution in [0.5, 0.6) is 0 Å². The topological polar surface area (TPSA) is 23.5 Å². The van der Waals surface area contributed by atoms with Crippen molar-refractivity contribution < 1.29 is 9.50 Å². The van der Waals surface area contributed by atoms with Gasteiger partial charge in [-0.2, -0.15) is 0 Å². The molecule has 2 aromatic carbocycles. The molecule has 3 rings (SSSR count). The van der Waals surface area contributed by atoms with Crippen molar-refractivity contribution in [1.82, 2.24) is 0 Å². The number of aliphatic hydroxyl groups is 1. The Balaban J connectivity index is 1.94. The van der Waals surface area contributed by atoms with Crippen LogP contribution in [-0.4, -0.2) is 18.7 Å². The fraction of sp³-hybridized carbons (Fsp3) is 0.333. The van der Waals surface area contributed by atoms with Gasteiger partial charge in [-0.15, -0.1) is 0 Å². The summed E-state index contributed by atoms with van der Waals surface area (Å²) in [6.45, 7) is 2.79. The summed E-state index contributed by atoms with van der Waals surface area (Å²) in [5.41, 5.74) is 4.51. The molecule has 0 aromatic heterocycles. The molecule has 0 spiro atoms. The molecule has 0 amide bonds. The van der Waals surface area contributed by atoms with Crippen molar-refractivity contribution in [1.29, 1.82) is 0 Å². The molecule has 1 heterocycles. The highest BCUT2D eigenvalue weighted by atomic mass is 19.1. The summed E-state index contributed by atoms with van der Waals surface area (Å²) >= 11 is 0. The van der Waals surface area contributed by atoms with Gasteiger partial charge in [0.1, 0.15) is 11.9 Å². The normalized spacial score (nSPS) is 15.7. The molecule has 110 valence electrons. The highest BCUT2D eigenvalue weighted by molar-refractivity contribution is 5.57. The van der Waals surface area contributed by atoms with E-state index in [1.54, 1.807) is 19.1 Å². The summed E-state index contributed by atoms with van der Waals surface area (Å²) in [6, 6.07) is 11.0. The molecular formula is C18H20FNO. The van der Waals surface area contributed by atoms with Gasteiger partial charge in [0.05, 0.1) is 0 Å². The molecule has 3 heteroatoms. The van der Waals surface area contributed by atoms with E-state index in [1.807, 2.05) is 12.1 Å². The highest BCUT2D eigenvalue weighted by Gasteiger charge is 2.17. The maximum absolute atomic E-state index is 13.7. The smallest absolute Gasteiger partial charge is 0.126 e. The Morgan fingerprint density at radius 3 is 2.62 bits per heavy atom. The van der Waals surface area contributed by atoms with E-state index in [0.717, 1.165) is 24.9 Å². The first kappa shape index (κ1) is 14.1. The van der Waals surface area contributed by atoms with E-state index in [2.05, 4.69) is 18.0 Å². The predicted octanol–water partition coefficient (Wildman–Crippen LogP) is 3.60. The van der Waals surface area contributed by atoms with Crippen LogP contribution >= 0.6 is 0 Å². The Kier molecular flexibility index (Phi) is 3.68. The lowest BCUT2D eigenvalue weighted by molar-refractivity contribution is 0.219. The molecule has 1 unspecified atom stereocenters. The number of fused-ring (bicyclic) bond motifs is 1. The average Bonchev–Trinajstić information content (AvgIpc) is 2.49. The number of hydrogen-bond acceptors (Lipinski definition) is 2. The number of halogens is 1. The van der Waals surface area contributed by atoms with Crippen LogP contribution in [0.3, 0.4) is 0 Å². The lowest BCUT2D eigenvalue weighted by Crippen LogP contribution is -2.24. The van der Waals surface area contributed by atoms with Gasteiger partial charge in [0.2, 0.25) is 0 Å². The first-order valence-electron chi connectivity index (χ1n) is 7.34. The number of anilines is 1. The summed E-state index contributed by atoms with van der Waals surface area (Å²) in [7, 11) is 2.09. The van der Waals surface area contributed by atoms with Crippen molar-refractivity contribution >= 4 is 5.69 Å². The van der Waals surface area contributed by atoms with Crippen LogP contribution in [0.25, 0.3) is 0 Å². The second kappa shape index (κ2) is 5.49. The number of hydrogen-bond donors (Lipinski definition) is 1. The third kappa shape index (κ3) is 2.66. The van der Waals surface area contributed by atoms with Crippen molar-refractivity contribution in [2.45, 2.75) is 25.9 Å². The largest absolute Gasteiger partial charge is 0.384 e. The van der Waals surface area contributed by atoms with Crippen molar-refractivity contribution in [3.63, 3.8) is 0 Å². The average molecular weight is 285 g/mol. The number of aryl methyl sites for hydroxylation is 2. The van der Waals surface area contributed by atoms with Crippen LogP contribution in [0.2, 0.25) is 0 Å². The van der Waals surface area contributed by atoms with E-state index in [4.69, 9.17) is 0 Å². The number of aliphatic hydroxyl groups excluding tert-OH is 1. The molecule has 1 aliphatic rings. The third-order valence-electron chi connectivity index (χ3n) is 4.28. The van der Waals surface area contributed by atoms with Crippen LogP contribution in [0.1, 0.15) is 34.8 Å². The molecule has 2 nitrogen and oxygen atoms in total. The van der Waals surface area contributed by atoms with Crippen molar-refractivity contribution in [2.75, 3.05) is 18.5 Å². The molecule has 0 radical (unpaired) electrons. The molecule has 1 aliphatic heterocycles. The zero-order valence-electron chi connectivity index (χ0n) is 12.4.